The first-order valence-electron chi connectivity index (χ1n) is 11.7. The number of fused-ring (bicyclic) bond motifs is 1. The summed E-state index contributed by atoms with van der Waals surface area (Å²) in [6.45, 7) is 0.462. The summed E-state index contributed by atoms with van der Waals surface area (Å²) in [7, 11) is 0. The highest BCUT2D eigenvalue weighted by Crippen LogP contribution is 2.19. The number of nitrogens with two attached hydrogens (primary N) is 1. The second-order valence-electron chi connectivity index (χ2n) is 8.51. The molecule has 35 heavy (non-hydrogen) atoms. The number of para-hydroxylation sites is 1. The van der Waals surface area contributed by atoms with Gasteiger partial charge in [-0.2, -0.15) is 12.6 Å². The van der Waals surface area contributed by atoms with Gasteiger partial charge in [0.1, 0.15) is 12.1 Å². The lowest BCUT2D eigenvalue weighted by atomic mass is 10.0. The lowest BCUT2D eigenvalue weighted by molar-refractivity contribution is -0.142. The normalized spacial score (nSPS) is 13.7. The van der Waals surface area contributed by atoms with E-state index in [1.165, 1.54) is 0 Å². The number of carboxylic acids is 1. The smallest absolute Gasteiger partial charge is 0.326 e. The number of rotatable bonds is 13. The molecular weight excluding hydrogens is 464 g/mol. The fourth-order valence-electron chi connectivity index (χ4n) is 3.95. The summed E-state index contributed by atoms with van der Waals surface area (Å²) >= 11 is 4.42. The summed E-state index contributed by atoms with van der Waals surface area (Å²) in [4.78, 5) is 41.0. The summed E-state index contributed by atoms with van der Waals surface area (Å²) in [5, 5.41) is 15.4. The van der Waals surface area contributed by atoms with E-state index in [9.17, 15) is 19.5 Å². The van der Waals surface area contributed by atoms with Crippen LogP contribution in [-0.4, -0.2) is 51.8 Å². The van der Waals surface area contributed by atoms with E-state index < -0.39 is 29.2 Å². The van der Waals surface area contributed by atoms with Crippen molar-refractivity contribution in [1.29, 1.82) is 0 Å². The van der Waals surface area contributed by atoms with Crippen molar-refractivity contribution >= 4 is 41.3 Å². The van der Waals surface area contributed by atoms with E-state index in [2.05, 4.69) is 28.2 Å². The van der Waals surface area contributed by atoms with Crippen LogP contribution < -0.4 is 16.4 Å². The summed E-state index contributed by atoms with van der Waals surface area (Å²) in [5.41, 5.74) is 8.22. The maximum absolute atomic E-state index is 13.1. The molecule has 0 fully saturated rings. The average molecular weight is 497 g/mol. The molecule has 1 heterocycles. The quantitative estimate of drug-likeness (QED) is 0.159. The van der Waals surface area contributed by atoms with Gasteiger partial charge in [-0.25, -0.2) is 4.79 Å². The number of thiol groups is 1. The number of unbranched alkanes of at least 4 members (excludes halogenated alkanes) is 1. The number of aromatic amines is 1. The predicted octanol–water partition coefficient (Wildman–Crippen LogP) is 2.43. The van der Waals surface area contributed by atoms with Crippen molar-refractivity contribution in [2.24, 2.45) is 5.73 Å². The molecule has 0 radical (unpaired) electrons. The average Bonchev–Trinajstić information content (AvgIpc) is 3.26. The Labute approximate surface area is 210 Å². The van der Waals surface area contributed by atoms with E-state index in [-0.39, 0.29) is 12.3 Å². The van der Waals surface area contributed by atoms with Crippen molar-refractivity contribution in [3.05, 3.63) is 71.9 Å². The maximum Gasteiger partial charge on any atom is 0.326 e. The number of amides is 2. The number of nitrogens with one attached hydrogen (secondary N) is 3. The Balaban J connectivity index is 1.68. The summed E-state index contributed by atoms with van der Waals surface area (Å²) < 4.78 is 0. The topological polar surface area (TPSA) is 137 Å². The summed E-state index contributed by atoms with van der Waals surface area (Å²) in [6, 6.07) is 15.0. The molecule has 0 aliphatic rings. The number of hydrogen-bond donors (Lipinski definition) is 6. The van der Waals surface area contributed by atoms with Gasteiger partial charge in [0.15, 0.2) is 0 Å². The number of aliphatic carboxylic acids is 1. The number of carbonyl (C=O) groups excluding carboxylic acids is 2. The number of benzene rings is 2. The van der Waals surface area contributed by atoms with Crippen LogP contribution in [0.15, 0.2) is 60.8 Å². The molecule has 0 aliphatic heterocycles. The van der Waals surface area contributed by atoms with Crippen LogP contribution in [0.3, 0.4) is 0 Å². The first-order chi connectivity index (χ1) is 16.9. The highest BCUT2D eigenvalue weighted by atomic mass is 32.1. The van der Waals surface area contributed by atoms with Gasteiger partial charge >= 0.3 is 5.97 Å². The predicted molar refractivity (Wildman–Crippen MR) is 139 cm³/mol. The number of H-pyrrole nitrogens is 1. The van der Waals surface area contributed by atoms with Crippen molar-refractivity contribution in [3.63, 3.8) is 0 Å². The Morgan fingerprint density at radius 2 is 1.60 bits per heavy atom. The fraction of sp³-hybridized carbons (Fsp3) is 0.346. The third-order valence-corrected chi connectivity index (χ3v) is 6.29. The molecule has 6 N–H and O–H groups in total. The number of hydrogen-bond acceptors (Lipinski definition) is 5. The van der Waals surface area contributed by atoms with Crippen LogP contribution in [0, 0.1) is 0 Å². The van der Waals surface area contributed by atoms with Gasteiger partial charge in [-0.05, 0) is 49.4 Å². The number of carbonyl (C=O) groups is 3. The SMILES string of the molecule is NCCCC[C@H](NC(=O)[C@@H](S)Cc1ccccc1)C(=O)N[C@@H](Cc1c[nH]c2ccccc12)C(=O)O. The van der Waals surface area contributed by atoms with E-state index in [1.54, 1.807) is 6.20 Å². The Morgan fingerprint density at radius 1 is 0.914 bits per heavy atom. The minimum atomic E-state index is -1.15. The van der Waals surface area contributed by atoms with E-state index in [0.717, 1.165) is 22.0 Å². The highest BCUT2D eigenvalue weighted by Gasteiger charge is 2.28. The van der Waals surface area contributed by atoms with Gasteiger partial charge in [0, 0.05) is 23.5 Å². The highest BCUT2D eigenvalue weighted by molar-refractivity contribution is 7.81. The molecule has 0 saturated carbocycles. The van der Waals surface area contributed by atoms with Gasteiger partial charge in [-0.3, -0.25) is 9.59 Å². The minimum absolute atomic E-state index is 0.109. The van der Waals surface area contributed by atoms with E-state index >= 15 is 0 Å². The summed E-state index contributed by atoms with van der Waals surface area (Å²) in [5.74, 6) is -2.07. The second-order valence-corrected chi connectivity index (χ2v) is 9.14. The third-order valence-electron chi connectivity index (χ3n) is 5.87. The molecule has 186 valence electrons. The number of carboxylic acid groups (broad SMARTS) is 1. The maximum atomic E-state index is 13.1. The van der Waals surface area contributed by atoms with Crippen molar-refractivity contribution in [2.45, 2.75) is 49.4 Å². The standard InChI is InChI=1S/C26H32N4O4S/c27-13-7-6-12-21(29-25(32)23(35)14-17-8-2-1-3-9-17)24(31)30-22(26(33)34)15-18-16-28-20-11-5-4-10-19(18)20/h1-5,8-11,16,21-23,28,35H,6-7,12-15,27H2,(H,29,32)(H,30,31)(H,33,34)/t21-,22-,23-/m0/s1. The van der Waals surface area contributed by atoms with Crippen molar-refractivity contribution in [2.75, 3.05) is 6.54 Å². The zero-order chi connectivity index (χ0) is 25.2. The van der Waals surface area contributed by atoms with Crippen LogP contribution in [0.4, 0.5) is 0 Å². The molecule has 2 amide bonds. The molecule has 3 aromatic rings. The largest absolute Gasteiger partial charge is 0.480 e. The van der Waals surface area contributed by atoms with E-state index in [4.69, 9.17) is 5.73 Å². The zero-order valence-corrected chi connectivity index (χ0v) is 20.3. The second kappa shape index (κ2) is 13.0. The Kier molecular flexibility index (Phi) is 9.75. The van der Waals surface area contributed by atoms with Crippen LogP contribution in [0.5, 0.6) is 0 Å². The molecule has 0 bridgehead atoms. The zero-order valence-electron chi connectivity index (χ0n) is 19.4. The molecule has 3 rings (SSSR count). The van der Waals surface area contributed by atoms with Crippen molar-refractivity contribution in [1.82, 2.24) is 15.6 Å². The van der Waals surface area contributed by atoms with Crippen molar-refractivity contribution in [3.8, 4) is 0 Å². The minimum Gasteiger partial charge on any atom is -0.480 e. The molecule has 1 aromatic heterocycles. The summed E-state index contributed by atoms with van der Waals surface area (Å²) in [6.07, 6.45) is 3.92. The molecule has 0 saturated heterocycles. The van der Waals surface area contributed by atoms with Gasteiger partial charge in [0.05, 0.1) is 5.25 Å². The molecule has 0 unspecified atom stereocenters. The Hall–Kier alpha value is -3.30. The van der Waals surface area contributed by atoms with Crippen LogP contribution >= 0.6 is 12.6 Å². The van der Waals surface area contributed by atoms with Gasteiger partial charge in [-0.15, -0.1) is 0 Å². The van der Waals surface area contributed by atoms with Crippen LogP contribution in [-0.2, 0) is 27.2 Å². The molecule has 3 atom stereocenters. The van der Waals surface area contributed by atoms with E-state index in [1.807, 2.05) is 54.6 Å². The lowest BCUT2D eigenvalue weighted by Gasteiger charge is -2.23. The molecule has 0 aliphatic carbocycles. The molecule has 0 spiro atoms. The molecule has 2 aromatic carbocycles. The Bertz CT molecular complexity index is 1130. The molecular formula is C26H32N4O4S. The Morgan fingerprint density at radius 3 is 2.31 bits per heavy atom. The van der Waals surface area contributed by atoms with Gasteiger partial charge in [-0.1, -0.05) is 48.5 Å². The van der Waals surface area contributed by atoms with Crippen LogP contribution in [0.1, 0.15) is 30.4 Å². The van der Waals surface area contributed by atoms with Crippen molar-refractivity contribution < 1.29 is 19.5 Å². The van der Waals surface area contributed by atoms with Gasteiger partial charge < -0.3 is 26.5 Å². The monoisotopic (exact) mass is 496 g/mol. The first-order valence-corrected chi connectivity index (χ1v) is 12.2. The molecule has 8 nitrogen and oxygen atoms in total. The van der Waals surface area contributed by atoms with Gasteiger partial charge in [0.2, 0.25) is 11.8 Å². The van der Waals surface area contributed by atoms with Crippen LogP contribution in [0.25, 0.3) is 10.9 Å². The fourth-order valence-corrected chi connectivity index (χ4v) is 4.24. The third kappa shape index (κ3) is 7.60. The van der Waals surface area contributed by atoms with Crippen LogP contribution in [0.2, 0.25) is 0 Å². The van der Waals surface area contributed by atoms with E-state index in [0.29, 0.717) is 32.2 Å². The molecule has 9 heteroatoms. The van der Waals surface area contributed by atoms with Gasteiger partial charge in [0.25, 0.3) is 0 Å². The first kappa shape index (κ1) is 26.3. The lowest BCUT2D eigenvalue weighted by Crippen LogP contribution is -2.53. The number of aromatic nitrogens is 1.